The zero-order valence-electron chi connectivity index (χ0n) is 30.4. The summed E-state index contributed by atoms with van der Waals surface area (Å²) in [6, 6.07) is 31.0. The molecule has 0 heterocycles. The number of aryl methyl sites for hydroxylation is 4. The second kappa shape index (κ2) is 10.0. The van der Waals surface area contributed by atoms with E-state index in [-0.39, 0.29) is 5.41 Å². The Bertz CT molecular complexity index is 1820. The van der Waals surface area contributed by atoms with Crippen molar-refractivity contribution in [1.29, 1.82) is 0 Å². The minimum Gasteiger partial charge on any atom is -0.0587 e. The molecule has 0 N–H and O–H groups in total. The van der Waals surface area contributed by atoms with Gasteiger partial charge in [-0.3, -0.25) is 0 Å². The predicted molar refractivity (Wildman–Crippen MR) is 202 cm³/mol. The fourth-order valence-electron chi connectivity index (χ4n) is 14.7. The molecule has 0 unspecified atom stereocenters. The van der Waals surface area contributed by atoms with Crippen LogP contribution in [-0.4, -0.2) is 0 Å². The maximum Gasteiger partial charge on any atom is 0.0713 e. The molecule has 49 heavy (non-hydrogen) atoms. The van der Waals surface area contributed by atoms with Gasteiger partial charge in [0.05, 0.1) is 5.41 Å². The van der Waals surface area contributed by atoms with Gasteiger partial charge < -0.3 is 0 Å². The molecular formula is C49H54. The van der Waals surface area contributed by atoms with Crippen molar-refractivity contribution in [2.45, 2.75) is 121 Å². The van der Waals surface area contributed by atoms with Crippen LogP contribution in [0.1, 0.15) is 133 Å². The van der Waals surface area contributed by atoms with E-state index < -0.39 is 0 Å². The summed E-state index contributed by atoms with van der Waals surface area (Å²) in [7, 11) is 0. The molecule has 0 nitrogen and oxygen atoms in total. The average molecular weight is 643 g/mol. The predicted octanol–water partition coefficient (Wildman–Crippen LogP) is 12.2. The van der Waals surface area contributed by atoms with Crippen LogP contribution in [0.4, 0.5) is 0 Å². The van der Waals surface area contributed by atoms with Crippen LogP contribution in [0.25, 0.3) is 11.1 Å². The topological polar surface area (TPSA) is 0 Å². The van der Waals surface area contributed by atoms with E-state index in [1.807, 2.05) is 0 Å². The first-order valence-electron chi connectivity index (χ1n) is 20.2. The summed E-state index contributed by atoms with van der Waals surface area (Å²) < 4.78 is 0. The minimum absolute atomic E-state index is 0.321. The summed E-state index contributed by atoms with van der Waals surface area (Å²) >= 11 is 0. The molecular weight excluding hydrogens is 589 g/mol. The summed E-state index contributed by atoms with van der Waals surface area (Å²) in [4.78, 5) is 0. The van der Waals surface area contributed by atoms with Crippen molar-refractivity contribution in [3.05, 3.63) is 128 Å². The third kappa shape index (κ3) is 4.04. The smallest absolute Gasteiger partial charge is 0.0587 e. The lowest BCUT2D eigenvalue weighted by atomic mass is 9.47. The van der Waals surface area contributed by atoms with Crippen LogP contribution in [0.15, 0.2) is 72.8 Å². The van der Waals surface area contributed by atoms with Gasteiger partial charge >= 0.3 is 0 Å². The largest absolute Gasteiger partial charge is 0.0713 e. The van der Waals surface area contributed by atoms with E-state index in [0.29, 0.717) is 10.8 Å². The lowest BCUT2D eigenvalue weighted by Gasteiger charge is -2.57. The number of hydrogen-bond acceptors (Lipinski definition) is 0. The van der Waals surface area contributed by atoms with Gasteiger partial charge in [-0.05, 0) is 218 Å². The van der Waals surface area contributed by atoms with Gasteiger partial charge in [0, 0.05) is 0 Å². The van der Waals surface area contributed by atoms with E-state index >= 15 is 0 Å². The molecule has 4 aromatic carbocycles. The minimum atomic E-state index is -0.321. The quantitative estimate of drug-likeness (QED) is 0.183. The van der Waals surface area contributed by atoms with Crippen molar-refractivity contribution in [2.24, 2.45) is 35.5 Å². The molecule has 13 rings (SSSR count). The SMILES string of the molecule is Cc1ccc(C2(c3ccc(C)c(C)c3)c3cc(C45CC6CC(CC(C6)C4)C5)ccc3-c3ccc(C45CC6CC(CC(C6)C4)C5)cc32)cc1C. The van der Waals surface area contributed by atoms with Crippen LogP contribution in [-0.2, 0) is 16.2 Å². The molecule has 9 aliphatic rings. The Morgan fingerprint density at radius 2 is 0.694 bits per heavy atom. The van der Waals surface area contributed by atoms with Crippen molar-refractivity contribution in [3.8, 4) is 11.1 Å². The Hall–Kier alpha value is -3.12. The number of fused-ring (bicyclic) bond motifs is 3. The summed E-state index contributed by atoms with van der Waals surface area (Å²) in [6.07, 6.45) is 17.5. The lowest BCUT2D eigenvalue weighted by Crippen LogP contribution is -2.48. The summed E-state index contributed by atoms with van der Waals surface area (Å²) in [5, 5.41) is 0. The van der Waals surface area contributed by atoms with Crippen molar-refractivity contribution >= 4 is 0 Å². The second-order valence-corrected chi connectivity index (χ2v) is 19.3. The Kier molecular flexibility index (Phi) is 6.05. The monoisotopic (exact) mass is 642 g/mol. The van der Waals surface area contributed by atoms with Crippen molar-refractivity contribution in [2.75, 3.05) is 0 Å². The van der Waals surface area contributed by atoms with Gasteiger partial charge in [-0.2, -0.15) is 0 Å². The van der Waals surface area contributed by atoms with Crippen LogP contribution in [0.3, 0.4) is 0 Å². The third-order valence-electron chi connectivity index (χ3n) is 16.3. The summed E-state index contributed by atoms with van der Waals surface area (Å²) in [6.45, 7) is 9.24. The standard InChI is InChI=1S/C49H54/c1-29-5-7-41(13-31(29)3)49(42-8-6-30(2)32(4)14-42)45-21-39(47-23-33-15-34(24-47)17-35(16-33)25-47)9-11-43(45)44-12-10-40(22-46(44)49)48-26-36-18-37(27-48)20-38(19-36)28-48/h5-14,21-22,33-38H,15-20,23-28H2,1-4H3. The molecule has 8 saturated carbocycles. The van der Waals surface area contributed by atoms with Crippen LogP contribution >= 0.6 is 0 Å². The molecule has 0 spiro atoms. The van der Waals surface area contributed by atoms with Gasteiger partial charge in [0.2, 0.25) is 0 Å². The van der Waals surface area contributed by atoms with E-state index in [1.165, 1.54) is 122 Å². The molecule has 0 aliphatic heterocycles. The van der Waals surface area contributed by atoms with Gasteiger partial charge in [0.25, 0.3) is 0 Å². The van der Waals surface area contributed by atoms with E-state index in [9.17, 15) is 0 Å². The fraction of sp³-hybridized carbons (Fsp3) is 0.510. The van der Waals surface area contributed by atoms with E-state index in [1.54, 1.807) is 22.3 Å². The molecule has 0 saturated heterocycles. The van der Waals surface area contributed by atoms with Crippen LogP contribution in [0.2, 0.25) is 0 Å². The molecule has 9 aliphatic carbocycles. The highest BCUT2D eigenvalue weighted by Crippen LogP contribution is 2.65. The molecule has 0 amide bonds. The maximum absolute atomic E-state index is 2.79. The number of hydrogen-bond donors (Lipinski definition) is 0. The van der Waals surface area contributed by atoms with Crippen molar-refractivity contribution < 1.29 is 0 Å². The van der Waals surface area contributed by atoms with Crippen molar-refractivity contribution in [3.63, 3.8) is 0 Å². The molecule has 0 aromatic heterocycles. The first-order chi connectivity index (χ1) is 23.7. The average Bonchev–Trinajstić information content (AvgIpc) is 3.36. The van der Waals surface area contributed by atoms with Gasteiger partial charge in [0.1, 0.15) is 0 Å². The van der Waals surface area contributed by atoms with Crippen LogP contribution in [0, 0.1) is 63.2 Å². The highest BCUT2D eigenvalue weighted by atomic mass is 14.6. The number of benzene rings is 4. The Balaban J connectivity index is 1.18. The normalized spacial score (nSPS) is 35.5. The Morgan fingerprint density at radius 3 is 1.02 bits per heavy atom. The van der Waals surface area contributed by atoms with E-state index in [0.717, 1.165) is 35.5 Å². The second-order valence-electron chi connectivity index (χ2n) is 19.3. The first-order valence-corrected chi connectivity index (χ1v) is 20.2. The third-order valence-corrected chi connectivity index (χ3v) is 16.3. The van der Waals surface area contributed by atoms with Gasteiger partial charge in [-0.1, -0.05) is 72.8 Å². The van der Waals surface area contributed by atoms with E-state index in [2.05, 4.69) is 100 Å². The molecule has 8 bridgehead atoms. The van der Waals surface area contributed by atoms with Gasteiger partial charge in [0.15, 0.2) is 0 Å². The summed E-state index contributed by atoms with van der Waals surface area (Å²) in [5.74, 6) is 5.69. The van der Waals surface area contributed by atoms with Crippen LogP contribution < -0.4 is 0 Å². The summed E-state index contributed by atoms with van der Waals surface area (Å²) in [5.41, 5.74) is 18.4. The van der Waals surface area contributed by atoms with Gasteiger partial charge in [-0.25, -0.2) is 0 Å². The Labute approximate surface area is 295 Å². The highest BCUT2D eigenvalue weighted by Gasteiger charge is 2.55. The molecule has 0 radical (unpaired) electrons. The maximum atomic E-state index is 2.79. The fourth-order valence-corrected chi connectivity index (χ4v) is 14.7. The zero-order valence-corrected chi connectivity index (χ0v) is 30.4. The van der Waals surface area contributed by atoms with E-state index in [4.69, 9.17) is 0 Å². The number of rotatable bonds is 4. The molecule has 8 fully saturated rings. The highest BCUT2D eigenvalue weighted by molar-refractivity contribution is 5.87. The molecule has 0 heteroatoms. The van der Waals surface area contributed by atoms with Crippen LogP contribution in [0.5, 0.6) is 0 Å². The molecule has 0 atom stereocenters. The zero-order chi connectivity index (χ0) is 32.9. The molecule has 4 aromatic rings. The molecule has 250 valence electrons. The Morgan fingerprint density at radius 1 is 0.367 bits per heavy atom. The first kappa shape index (κ1) is 29.6. The lowest BCUT2D eigenvalue weighted by molar-refractivity contribution is -0.00530. The van der Waals surface area contributed by atoms with Gasteiger partial charge in [-0.15, -0.1) is 0 Å². The van der Waals surface area contributed by atoms with Crippen molar-refractivity contribution in [1.82, 2.24) is 0 Å².